The van der Waals surface area contributed by atoms with E-state index in [1.807, 2.05) is 23.8 Å². The topological polar surface area (TPSA) is 59.9 Å². The molecule has 0 bridgehead atoms. The number of likely N-dealkylation sites (tertiary alicyclic amines) is 1. The molecule has 0 spiro atoms. The van der Waals surface area contributed by atoms with Gasteiger partial charge in [-0.05, 0) is 68.6 Å². The predicted octanol–water partition coefficient (Wildman–Crippen LogP) is 2.39. The Morgan fingerprint density at radius 3 is 2.71 bits per heavy atom. The van der Waals surface area contributed by atoms with Gasteiger partial charge in [-0.2, -0.15) is 11.3 Å². The molecule has 1 aliphatic rings. The molecule has 3 N–H and O–H groups in total. The van der Waals surface area contributed by atoms with Gasteiger partial charge in [0.15, 0.2) is 5.96 Å². The second kappa shape index (κ2) is 9.39. The number of nitrogens with zero attached hydrogens (tertiary/aromatic N) is 2. The fraction of sp³-hybridized carbons (Fsp3) is 0.722. The average molecular weight is 353 g/mol. The Hall–Kier alpha value is -1.11. The maximum absolute atomic E-state index is 10.6. The predicted molar refractivity (Wildman–Crippen MR) is 103 cm³/mol. The third kappa shape index (κ3) is 5.46. The zero-order valence-electron chi connectivity index (χ0n) is 15.2. The number of nitrogens with one attached hydrogen (secondary N) is 2. The highest BCUT2D eigenvalue weighted by atomic mass is 32.1. The molecule has 0 amide bonds. The van der Waals surface area contributed by atoms with Crippen molar-refractivity contribution in [3.8, 4) is 0 Å². The van der Waals surface area contributed by atoms with Gasteiger partial charge < -0.3 is 15.7 Å². The van der Waals surface area contributed by atoms with Crippen molar-refractivity contribution in [1.29, 1.82) is 0 Å². The van der Waals surface area contributed by atoms with Crippen LogP contribution in [0.5, 0.6) is 0 Å². The fourth-order valence-electron chi connectivity index (χ4n) is 3.09. The van der Waals surface area contributed by atoms with Crippen molar-refractivity contribution in [2.45, 2.75) is 51.7 Å². The van der Waals surface area contributed by atoms with Crippen LogP contribution in [0.2, 0.25) is 0 Å². The zero-order valence-corrected chi connectivity index (χ0v) is 16.0. The number of hydrogen-bond acceptors (Lipinski definition) is 4. The lowest BCUT2D eigenvalue weighted by molar-refractivity contribution is 0.0677. The molecule has 136 valence electrons. The first-order valence-electron chi connectivity index (χ1n) is 9.08. The summed E-state index contributed by atoms with van der Waals surface area (Å²) < 4.78 is 0. The maximum atomic E-state index is 10.6. The van der Waals surface area contributed by atoms with Gasteiger partial charge >= 0.3 is 0 Å². The highest BCUT2D eigenvalue weighted by Crippen LogP contribution is 2.23. The van der Waals surface area contributed by atoms with Crippen molar-refractivity contribution in [2.75, 3.05) is 32.7 Å². The van der Waals surface area contributed by atoms with Crippen molar-refractivity contribution in [3.63, 3.8) is 0 Å². The molecular weight excluding hydrogens is 320 g/mol. The lowest BCUT2D eigenvalue weighted by Gasteiger charge is -2.27. The van der Waals surface area contributed by atoms with E-state index in [1.165, 1.54) is 25.9 Å². The summed E-state index contributed by atoms with van der Waals surface area (Å²) in [5, 5.41) is 21.3. The van der Waals surface area contributed by atoms with Gasteiger partial charge in [0.1, 0.15) is 5.60 Å². The van der Waals surface area contributed by atoms with Crippen LogP contribution in [0.25, 0.3) is 0 Å². The van der Waals surface area contributed by atoms with Gasteiger partial charge in [-0.15, -0.1) is 0 Å². The minimum Gasteiger partial charge on any atom is -0.383 e. The molecule has 2 rings (SSSR count). The molecule has 1 saturated heterocycles. The van der Waals surface area contributed by atoms with Crippen LogP contribution in [-0.4, -0.2) is 54.7 Å². The molecule has 1 aliphatic heterocycles. The largest absolute Gasteiger partial charge is 0.383 e. The number of guanidine groups is 1. The molecule has 2 atom stereocenters. The van der Waals surface area contributed by atoms with Crippen LogP contribution >= 0.6 is 11.3 Å². The SMILES string of the molecule is CCNC(=NCC(C)(O)c1ccsc1)NCC(CC)N1CCCC1. The van der Waals surface area contributed by atoms with Crippen molar-refractivity contribution in [2.24, 2.45) is 4.99 Å². The molecule has 0 aromatic carbocycles. The summed E-state index contributed by atoms with van der Waals surface area (Å²) in [6.07, 6.45) is 3.77. The Bertz CT molecular complexity index is 495. The second-order valence-electron chi connectivity index (χ2n) is 6.67. The van der Waals surface area contributed by atoms with Gasteiger partial charge in [-0.25, -0.2) is 4.99 Å². The molecule has 2 unspecified atom stereocenters. The van der Waals surface area contributed by atoms with Crippen molar-refractivity contribution in [3.05, 3.63) is 22.4 Å². The van der Waals surface area contributed by atoms with Gasteiger partial charge in [-0.1, -0.05) is 6.92 Å². The summed E-state index contributed by atoms with van der Waals surface area (Å²) >= 11 is 1.60. The number of rotatable bonds is 8. The van der Waals surface area contributed by atoms with E-state index in [1.54, 1.807) is 11.3 Å². The van der Waals surface area contributed by atoms with Crippen LogP contribution < -0.4 is 10.6 Å². The Labute approximate surface area is 150 Å². The lowest BCUT2D eigenvalue weighted by Crippen LogP contribution is -2.46. The summed E-state index contributed by atoms with van der Waals surface area (Å²) in [7, 11) is 0. The smallest absolute Gasteiger partial charge is 0.191 e. The van der Waals surface area contributed by atoms with E-state index in [0.717, 1.165) is 31.0 Å². The average Bonchev–Trinajstić information content (AvgIpc) is 3.26. The molecule has 24 heavy (non-hydrogen) atoms. The first-order valence-corrected chi connectivity index (χ1v) is 10.0. The maximum Gasteiger partial charge on any atom is 0.191 e. The first kappa shape index (κ1) is 19.2. The second-order valence-corrected chi connectivity index (χ2v) is 7.45. The minimum absolute atomic E-state index is 0.347. The number of aliphatic imine (C=N–C) groups is 1. The van der Waals surface area contributed by atoms with Crippen molar-refractivity contribution < 1.29 is 5.11 Å². The first-order chi connectivity index (χ1) is 11.6. The zero-order chi connectivity index (χ0) is 17.4. The highest BCUT2D eigenvalue weighted by Gasteiger charge is 2.24. The molecule has 0 aliphatic carbocycles. The van der Waals surface area contributed by atoms with Crippen LogP contribution in [0.1, 0.15) is 45.6 Å². The van der Waals surface area contributed by atoms with E-state index in [0.29, 0.717) is 12.6 Å². The van der Waals surface area contributed by atoms with Gasteiger partial charge in [0.2, 0.25) is 0 Å². The third-order valence-corrected chi connectivity index (χ3v) is 5.35. The van der Waals surface area contributed by atoms with Crippen LogP contribution in [0.15, 0.2) is 21.8 Å². The molecule has 1 aromatic rings. The Morgan fingerprint density at radius 1 is 1.38 bits per heavy atom. The standard InChI is InChI=1S/C18H32N4OS/c1-4-16(22-9-6-7-10-22)12-20-17(19-5-2)21-14-18(3,23)15-8-11-24-13-15/h8,11,13,16,23H,4-7,9-10,12,14H2,1-3H3,(H2,19,20,21). The number of hydrogen-bond donors (Lipinski definition) is 3. The van der Waals surface area contributed by atoms with E-state index in [4.69, 9.17) is 0 Å². The molecule has 2 heterocycles. The molecule has 1 aromatic heterocycles. The molecule has 0 radical (unpaired) electrons. The Morgan fingerprint density at radius 2 is 2.12 bits per heavy atom. The van der Waals surface area contributed by atoms with Crippen molar-refractivity contribution >= 4 is 17.3 Å². The van der Waals surface area contributed by atoms with Gasteiger partial charge in [0.25, 0.3) is 0 Å². The summed E-state index contributed by atoms with van der Waals surface area (Å²) in [6.45, 7) is 10.6. The van der Waals surface area contributed by atoms with E-state index < -0.39 is 5.60 Å². The third-order valence-electron chi connectivity index (χ3n) is 4.67. The summed E-state index contributed by atoms with van der Waals surface area (Å²) in [5.74, 6) is 0.783. The van der Waals surface area contributed by atoms with Crippen LogP contribution in [0.4, 0.5) is 0 Å². The lowest BCUT2D eigenvalue weighted by atomic mass is 10.00. The molecule has 5 nitrogen and oxygen atoms in total. The number of thiophene rings is 1. The van der Waals surface area contributed by atoms with Gasteiger partial charge in [-0.3, -0.25) is 4.90 Å². The van der Waals surface area contributed by atoms with Crippen LogP contribution in [-0.2, 0) is 5.60 Å². The summed E-state index contributed by atoms with van der Waals surface area (Å²) in [5.41, 5.74) is -0.00262. The molecule has 1 fully saturated rings. The van der Waals surface area contributed by atoms with E-state index in [9.17, 15) is 5.11 Å². The quantitative estimate of drug-likeness (QED) is 0.497. The molecule has 6 heteroatoms. The van der Waals surface area contributed by atoms with E-state index in [-0.39, 0.29) is 0 Å². The van der Waals surface area contributed by atoms with Gasteiger partial charge in [0.05, 0.1) is 6.54 Å². The summed E-state index contributed by atoms with van der Waals surface area (Å²) in [6, 6.07) is 2.51. The Kier molecular flexibility index (Phi) is 7.52. The molecule has 0 saturated carbocycles. The fourth-order valence-corrected chi connectivity index (χ4v) is 3.87. The minimum atomic E-state index is -0.929. The van der Waals surface area contributed by atoms with Crippen LogP contribution in [0, 0.1) is 0 Å². The normalized spacial score (nSPS) is 19.9. The molecular formula is C18H32N4OS. The number of aliphatic hydroxyl groups is 1. The van der Waals surface area contributed by atoms with E-state index in [2.05, 4.69) is 34.4 Å². The van der Waals surface area contributed by atoms with Crippen LogP contribution in [0.3, 0.4) is 0 Å². The summed E-state index contributed by atoms with van der Waals surface area (Å²) in [4.78, 5) is 7.17. The Balaban J connectivity index is 1.92. The highest BCUT2D eigenvalue weighted by molar-refractivity contribution is 7.08. The monoisotopic (exact) mass is 352 g/mol. The van der Waals surface area contributed by atoms with Gasteiger partial charge in [0, 0.05) is 19.1 Å². The van der Waals surface area contributed by atoms with E-state index >= 15 is 0 Å². The van der Waals surface area contributed by atoms with Crippen molar-refractivity contribution in [1.82, 2.24) is 15.5 Å².